The van der Waals surface area contributed by atoms with Crippen LogP contribution in [0.25, 0.3) is 0 Å². The van der Waals surface area contributed by atoms with Crippen molar-refractivity contribution in [2.45, 2.75) is 13.3 Å². The van der Waals surface area contributed by atoms with Crippen LogP contribution < -0.4 is 0 Å². The SMILES string of the molecule is Cc1cc(Cl)cc(CC(=O)CBr)c1. The molecule has 0 saturated heterocycles. The second kappa shape index (κ2) is 4.77. The summed E-state index contributed by atoms with van der Waals surface area (Å²) in [6, 6.07) is 5.69. The first-order chi connectivity index (χ1) is 6.11. The van der Waals surface area contributed by atoms with Crippen molar-refractivity contribution in [2.75, 3.05) is 5.33 Å². The molecule has 0 N–H and O–H groups in total. The van der Waals surface area contributed by atoms with Gasteiger partial charge in [0.1, 0.15) is 5.78 Å². The minimum atomic E-state index is 0.168. The van der Waals surface area contributed by atoms with Crippen LogP contribution in [0.4, 0.5) is 0 Å². The smallest absolute Gasteiger partial charge is 0.147 e. The Kier molecular flexibility index (Phi) is 3.94. The van der Waals surface area contributed by atoms with E-state index in [4.69, 9.17) is 11.6 Å². The summed E-state index contributed by atoms with van der Waals surface area (Å²) in [6.07, 6.45) is 0.451. The first-order valence-electron chi connectivity index (χ1n) is 3.95. The van der Waals surface area contributed by atoms with E-state index in [1.165, 1.54) is 0 Å². The van der Waals surface area contributed by atoms with Crippen molar-refractivity contribution < 1.29 is 4.79 Å². The molecular weight excluding hydrogens is 251 g/mol. The quantitative estimate of drug-likeness (QED) is 0.764. The minimum Gasteiger partial charge on any atom is -0.298 e. The molecule has 0 heterocycles. The molecule has 0 aromatic heterocycles. The van der Waals surface area contributed by atoms with Gasteiger partial charge in [0.15, 0.2) is 0 Å². The van der Waals surface area contributed by atoms with E-state index in [0.717, 1.165) is 11.1 Å². The molecule has 0 spiro atoms. The summed E-state index contributed by atoms with van der Waals surface area (Å²) in [6.45, 7) is 1.97. The van der Waals surface area contributed by atoms with E-state index >= 15 is 0 Å². The second-order valence-electron chi connectivity index (χ2n) is 2.99. The van der Waals surface area contributed by atoms with Crippen molar-refractivity contribution in [1.82, 2.24) is 0 Å². The molecular formula is C10H10BrClO. The van der Waals surface area contributed by atoms with Crippen molar-refractivity contribution in [1.29, 1.82) is 0 Å². The summed E-state index contributed by atoms with van der Waals surface area (Å²) >= 11 is 8.98. The highest BCUT2D eigenvalue weighted by molar-refractivity contribution is 9.09. The molecule has 1 aromatic carbocycles. The van der Waals surface area contributed by atoms with E-state index in [0.29, 0.717) is 16.8 Å². The number of halogens is 2. The molecule has 0 aliphatic rings. The fourth-order valence-electron chi connectivity index (χ4n) is 1.19. The highest BCUT2D eigenvalue weighted by Crippen LogP contribution is 2.15. The fourth-order valence-corrected chi connectivity index (χ4v) is 1.70. The number of hydrogen-bond donors (Lipinski definition) is 0. The molecule has 0 saturated carbocycles. The van der Waals surface area contributed by atoms with Crippen LogP contribution in [0.15, 0.2) is 18.2 Å². The van der Waals surface area contributed by atoms with Gasteiger partial charge in [-0.25, -0.2) is 0 Å². The molecule has 0 aliphatic carbocycles. The second-order valence-corrected chi connectivity index (χ2v) is 3.98. The first kappa shape index (κ1) is 10.7. The predicted octanol–water partition coefficient (Wildman–Crippen LogP) is 3.15. The largest absolute Gasteiger partial charge is 0.298 e. The van der Waals surface area contributed by atoms with Crippen molar-refractivity contribution in [2.24, 2.45) is 0 Å². The number of alkyl halides is 1. The third kappa shape index (κ3) is 3.49. The number of carbonyl (C=O) groups excluding carboxylic acids is 1. The molecule has 0 radical (unpaired) electrons. The van der Waals surface area contributed by atoms with E-state index < -0.39 is 0 Å². The van der Waals surface area contributed by atoms with Crippen LogP contribution in [-0.2, 0) is 11.2 Å². The number of carbonyl (C=O) groups is 1. The normalized spacial score (nSPS) is 10.1. The number of rotatable bonds is 3. The van der Waals surface area contributed by atoms with Crippen molar-refractivity contribution in [3.63, 3.8) is 0 Å². The van der Waals surface area contributed by atoms with E-state index in [9.17, 15) is 4.79 Å². The maximum absolute atomic E-state index is 11.1. The number of aryl methyl sites for hydroxylation is 1. The van der Waals surface area contributed by atoms with Gasteiger partial charge in [0.2, 0.25) is 0 Å². The zero-order chi connectivity index (χ0) is 9.84. The van der Waals surface area contributed by atoms with Gasteiger partial charge in [0.05, 0.1) is 5.33 Å². The van der Waals surface area contributed by atoms with Gasteiger partial charge in [-0.2, -0.15) is 0 Å². The minimum absolute atomic E-state index is 0.168. The Labute approximate surface area is 91.2 Å². The number of Topliss-reactive ketones (excluding diaryl/α,β-unsaturated/α-hetero) is 1. The summed E-state index contributed by atoms with van der Waals surface area (Å²) in [5.41, 5.74) is 2.07. The summed E-state index contributed by atoms with van der Waals surface area (Å²) in [5.74, 6) is 0.168. The molecule has 0 atom stereocenters. The fraction of sp³-hybridized carbons (Fsp3) is 0.300. The van der Waals surface area contributed by atoms with Crippen LogP contribution in [0.5, 0.6) is 0 Å². The van der Waals surface area contributed by atoms with Gasteiger partial charge in [-0.05, 0) is 30.2 Å². The Morgan fingerprint density at radius 1 is 1.46 bits per heavy atom. The molecule has 0 aliphatic heterocycles. The maximum atomic E-state index is 11.1. The monoisotopic (exact) mass is 260 g/mol. The van der Waals surface area contributed by atoms with Crippen molar-refractivity contribution in [3.05, 3.63) is 34.3 Å². The van der Waals surface area contributed by atoms with Crippen LogP contribution in [0.3, 0.4) is 0 Å². The molecule has 13 heavy (non-hydrogen) atoms. The predicted molar refractivity (Wildman–Crippen MR) is 58.7 cm³/mol. The molecule has 1 nitrogen and oxygen atoms in total. The van der Waals surface area contributed by atoms with Crippen LogP contribution in [0.1, 0.15) is 11.1 Å². The summed E-state index contributed by atoms with van der Waals surface area (Å²) < 4.78 is 0. The Morgan fingerprint density at radius 3 is 2.69 bits per heavy atom. The van der Waals surface area contributed by atoms with Gasteiger partial charge in [0.25, 0.3) is 0 Å². The van der Waals surface area contributed by atoms with Crippen LogP contribution in [0, 0.1) is 6.92 Å². The van der Waals surface area contributed by atoms with E-state index in [-0.39, 0.29) is 5.78 Å². The molecule has 1 aromatic rings. The standard InChI is InChI=1S/C10H10BrClO/c1-7-2-8(4-9(12)3-7)5-10(13)6-11/h2-4H,5-6H2,1H3. The Hall–Kier alpha value is -0.340. The summed E-state index contributed by atoms with van der Waals surface area (Å²) in [7, 11) is 0. The molecule has 70 valence electrons. The lowest BCUT2D eigenvalue weighted by atomic mass is 10.1. The molecule has 0 amide bonds. The van der Waals surface area contributed by atoms with Crippen LogP contribution >= 0.6 is 27.5 Å². The highest BCUT2D eigenvalue weighted by Gasteiger charge is 2.02. The van der Waals surface area contributed by atoms with Gasteiger partial charge >= 0.3 is 0 Å². The average Bonchev–Trinajstić information content (AvgIpc) is 2.02. The molecule has 0 unspecified atom stereocenters. The van der Waals surface area contributed by atoms with Gasteiger partial charge in [0, 0.05) is 11.4 Å². The molecule has 0 bridgehead atoms. The highest BCUT2D eigenvalue weighted by atomic mass is 79.9. The Bertz CT molecular complexity index is 302. The molecule has 1 rings (SSSR count). The Balaban J connectivity index is 2.83. The first-order valence-corrected chi connectivity index (χ1v) is 5.45. The van der Waals surface area contributed by atoms with E-state index in [1.54, 1.807) is 0 Å². The molecule has 3 heteroatoms. The topological polar surface area (TPSA) is 17.1 Å². The molecule has 0 fully saturated rings. The van der Waals surface area contributed by atoms with Crippen molar-refractivity contribution >= 4 is 33.3 Å². The van der Waals surface area contributed by atoms with Gasteiger partial charge in [-0.15, -0.1) is 0 Å². The van der Waals surface area contributed by atoms with E-state index in [1.807, 2.05) is 25.1 Å². The lowest BCUT2D eigenvalue weighted by molar-refractivity contribution is -0.115. The van der Waals surface area contributed by atoms with Crippen molar-refractivity contribution in [3.8, 4) is 0 Å². The van der Waals surface area contributed by atoms with Gasteiger partial charge in [-0.1, -0.05) is 33.6 Å². The number of hydrogen-bond acceptors (Lipinski definition) is 1. The van der Waals surface area contributed by atoms with Crippen LogP contribution in [0.2, 0.25) is 5.02 Å². The average molecular weight is 262 g/mol. The third-order valence-corrected chi connectivity index (χ3v) is 2.50. The summed E-state index contributed by atoms with van der Waals surface area (Å²) in [4.78, 5) is 11.1. The van der Waals surface area contributed by atoms with Gasteiger partial charge in [-0.3, -0.25) is 4.79 Å². The zero-order valence-electron chi connectivity index (χ0n) is 7.31. The maximum Gasteiger partial charge on any atom is 0.147 e. The number of ketones is 1. The number of benzene rings is 1. The lowest BCUT2D eigenvalue weighted by Gasteiger charge is -2.01. The van der Waals surface area contributed by atoms with Gasteiger partial charge < -0.3 is 0 Å². The van der Waals surface area contributed by atoms with Crippen LogP contribution in [-0.4, -0.2) is 11.1 Å². The zero-order valence-corrected chi connectivity index (χ0v) is 9.65. The third-order valence-electron chi connectivity index (χ3n) is 1.65. The van der Waals surface area contributed by atoms with E-state index in [2.05, 4.69) is 15.9 Å². The Morgan fingerprint density at radius 2 is 2.15 bits per heavy atom. The lowest BCUT2D eigenvalue weighted by Crippen LogP contribution is -2.03. The summed E-state index contributed by atoms with van der Waals surface area (Å²) in [5, 5.41) is 1.09.